The largest absolute Gasteiger partial charge is 0.498 e. The zero-order valence-corrected chi connectivity index (χ0v) is 21.4. The van der Waals surface area contributed by atoms with Crippen LogP contribution in [0, 0.1) is 0 Å². The van der Waals surface area contributed by atoms with Crippen LogP contribution in [0.15, 0.2) is 90.2 Å². The summed E-state index contributed by atoms with van der Waals surface area (Å²) in [6, 6.07) is 20.5. The molecule has 1 aliphatic rings. The Morgan fingerprint density at radius 3 is 2.24 bits per heavy atom. The first-order valence-electron chi connectivity index (χ1n) is 11.5. The number of rotatable bonds is 7. The van der Waals surface area contributed by atoms with Crippen LogP contribution in [0.3, 0.4) is 0 Å². The number of benzene rings is 3. The third-order valence-electron chi connectivity index (χ3n) is 5.86. The monoisotopic (exact) mass is 517 g/mol. The topological polar surface area (TPSA) is 97.9 Å². The van der Waals surface area contributed by atoms with Crippen molar-refractivity contribution >= 4 is 51.3 Å². The predicted molar refractivity (Wildman–Crippen MR) is 147 cm³/mol. The van der Waals surface area contributed by atoms with E-state index in [2.05, 4.69) is 16.0 Å². The molecule has 0 radical (unpaired) electrons. The van der Waals surface area contributed by atoms with Crippen molar-refractivity contribution in [3.8, 4) is 0 Å². The highest BCUT2D eigenvalue weighted by atomic mass is 32.1. The van der Waals surface area contributed by atoms with E-state index in [0.717, 1.165) is 10.8 Å². The summed E-state index contributed by atoms with van der Waals surface area (Å²) in [5.41, 5.74) is 2.06. The number of anilines is 2. The molecular formula is C28H27N3O5S. The SMILES string of the molecule is COC1=CC(C(=O)NC(=S)Nc2cccc(NC(=O)c3ccc4ccccc4c3)c2)=CC(OC)C1OC. The van der Waals surface area contributed by atoms with Crippen LogP contribution in [0.4, 0.5) is 11.4 Å². The molecular weight excluding hydrogens is 490 g/mol. The quantitative estimate of drug-likeness (QED) is 0.400. The summed E-state index contributed by atoms with van der Waals surface area (Å²) in [6.07, 6.45) is 2.29. The molecule has 0 aliphatic heterocycles. The molecule has 8 nitrogen and oxygen atoms in total. The number of thiocarbonyl (C=S) groups is 1. The second-order valence-corrected chi connectivity index (χ2v) is 8.64. The Bertz CT molecular complexity index is 1400. The normalized spacial score (nSPS) is 16.8. The van der Waals surface area contributed by atoms with E-state index in [9.17, 15) is 9.59 Å². The average molecular weight is 518 g/mol. The van der Waals surface area contributed by atoms with Gasteiger partial charge in [0, 0.05) is 36.7 Å². The Labute approximate surface area is 220 Å². The molecule has 9 heteroatoms. The van der Waals surface area contributed by atoms with Gasteiger partial charge in [-0.25, -0.2) is 0 Å². The van der Waals surface area contributed by atoms with E-state index in [0.29, 0.717) is 28.3 Å². The summed E-state index contributed by atoms with van der Waals surface area (Å²) in [7, 11) is 4.57. The minimum absolute atomic E-state index is 0.0964. The van der Waals surface area contributed by atoms with Crippen molar-refractivity contribution in [2.24, 2.45) is 0 Å². The molecule has 0 bridgehead atoms. The fourth-order valence-corrected chi connectivity index (χ4v) is 4.22. The maximum atomic E-state index is 12.8. The molecule has 0 saturated carbocycles. The smallest absolute Gasteiger partial charge is 0.257 e. The number of nitrogens with one attached hydrogen (secondary N) is 3. The zero-order valence-electron chi connectivity index (χ0n) is 20.6. The van der Waals surface area contributed by atoms with E-state index in [1.54, 1.807) is 49.6 Å². The summed E-state index contributed by atoms with van der Waals surface area (Å²) >= 11 is 5.33. The maximum absolute atomic E-state index is 12.8. The van der Waals surface area contributed by atoms with E-state index in [1.165, 1.54) is 14.2 Å². The van der Waals surface area contributed by atoms with Gasteiger partial charge in [-0.1, -0.05) is 36.4 Å². The maximum Gasteiger partial charge on any atom is 0.257 e. The van der Waals surface area contributed by atoms with Gasteiger partial charge < -0.3 is 24.8 Å². The summed E-state index contributed by atoms with van der Waals surface area (Å²) in [5, 5.41) is 10.7. The van der Waals surface area contributed by atoms with Gasteiger partial charge in [-0.3, -0.25) is 14.9 Å². The standard InChI is InChI=1S/C28H27N3O5S/c1-34-23-14-20(15-24(35-2)25(23)36-3)27(33)31-28(37)30-22-10-6-9-21(16-22)29-26(32)19-12-11-17-7-4-5-8-18(17)13-19/h4-16,23,25H,1-3H3,(H,29,32)(H2,30,31,33,37). The van der Waals surface area contributed by atoms with Crippen molar-refractivity contribution in [2.45, 2.75) is 12.2 Å². The van der Waals surface area contributed by atoms with E-state index < -0.39 is 18.1 Å². The summed E-state index contributed by atoms with van der Waals surface area (Å²) < 4.78 is 16.2. The number of carbonyl (C=O) groups excluding carboxylic acids is 2. The van der Waals surface area contributed by atoms with E-state index in [1.807, 2.05) is 36.4 Å². The molecule has 1 aliphatic carbocycles. The highest BCUT2D eigenvalue weighted by Crippen LogP contribution is 2.24. The highest BCUT2D eigenvalue weighted by Gasteiger charge is 2.30. The highest BCUT2D eigenvalue weighted by molar-refractivity contribution is 7.80. The molecule has 3 aromatic rings. The number of hydrogen-bond acceptors (Lipinski definition) is 6. The van der Waals surface area contributed by atoms with Crippen molar-refractivity contribution in [3.63, 3.8) is 0 Å². The molecule has 0 heterocycles. The molecule has 2 unspecified atom stereocenters. The Hall–Kier alpha value is -4.05. The third kappa shape index (κ3) is 6.21. The van der Waals surface area contributed by atoms with Gasteiger partial charge >= 0.3 is 0 Å². The summed E-state index contributed by atoms with van der Waals surface area (Å²) in [6.45, 7) is 0. The number of hydrogen-bond donors (Lipinski definition) is 3. The number of carbonyl (C=O) groups is 2. The molecule has 0 aromatic heterocycles. The molecule has 0 fully saturated rings. The van der Waals surface area contributed by atoms with Crippen LogP contribution in [0.5, 0.6) is 0 Å². The second kappa shape index (κ2) is 11.8. The Kier molecular flexibility index (Phi) is 8.29. The molecule has 0 saturated heterocycles. The van der Waals surface area contributed by atoms with Crippen LogP contribution < -0.4 is 16.0 Å². The first-order valence-corrected chi connectivity index (χ1v) is 11.9. The lowest BCUT2D eigenvalue weighted by atomic mass is 9.99. The lowest BCUT2D eigenvalue weighted by Gasteiger charge is -2.28. The van der Waals surface area contributed by atoms with Crippen molar-refractivity contribution in [2.75, 3.05) is 32.0 Å². The fourth-order valence-electron chi connectivity index (χ4n) is 4.01. The third-order valence-corrected chi connectivity index (χ3v) is 6.07. The van der Waals surface area contributed by atoms with Crippen LogP contribution in [0.2, 0.25) is 0 Å². The summed E-state index contributed by atoms with van der Waals surface area (Å²) in [5.74, 6) is -0.189. The van der Waals surface area contributed by atoms with Gasteiger partial charge in [0.25, 0.3) is 11.8 Å². The first kappa shape index (κ1) is 26.0. The van der Waals surface area contributed by atoms with Crippen LogP contribution in [0.1, 0.15) is 10.4 Å². The van der Waals surface area contributed by atoms with E-state index >= 15 is 0 Å². The van der Waals surface area contributed by atoms with Crippen molar-refractivity contribution in [1.82, 2.24) is 5.32 Å². The van der Waals surface area contributed by atoms with Crippen molar-refractivity contribution in [1.29, 1.82) is 0 Å². The molecule has 190 valence electrons. The minimum atomic E-state index is -0.491. The first-order chi connectivity index (χ1) is 17.9. The van der Waals surface area contributed by atoms with Crippen LogP contribution in [-0.2, 0) is 19.0 Å². The van der Waals surface area contributed by atoms with Crippen LogP contribution >= 0.6 is 12.2 Å². The lowest BCUT2D eigenvalue weighted by Crippen LogP contribution is -2.39. The molecule has 4 rings (SSSR count). The molecule has 3 aromatic carbocycles. The predicted octanol–water partition coefficient (Wildman–Crippen LogP) is 4.41. The molecule has 37 heavy (non-hydrogen) atoms. The minimum Gasteiger partial charge on any atom is -0.498 e. The van der Waals surface area contributed by atoms with E-state index in [4.69, 9.17) is 26.4 Å². The Morgan fingerprint density at radius 2 is 1.54 bits per heavy atom. The van der Waals surface area contributed by atoms with Gasteiger partial charge in [-0.15, -0.1) is 0 Å². The average Bonchev–Trinajstić information content (AvgIpc) is 2.91. The number of fused-ring (bicyclic) bond motifs is 1. The van der Waals surface area contributed by atoms with Gasteiger partial charge in [-0.05, 0) is 65.5 Å². The molecule has 2 amide bonds. The lowest BCUT2D eigenvalue weighted by molar-refractivity contribution is -0.116. The molecule has 2 atom stereocenters. The Balaban J connectivity index is 1.39. The molecule has 3 N–H and O–H groups in total. The number of ether oxygens (including phenoxy) is 3. The van der Waals surface area contributed by atoms with Gasteiger partial charge in [0.05, 0.1) is 7.11 Å². The van der Waals surface area contributed by atoms with Crippen molar-refractivity contribution < 1.29 is 23.8 Å². The zero-order chi connectivity index (χ0) is 26.4. The van der Waals surface area contributed by atoms with Crippen molar-refractivity contribution in [3.05, 3.63) is 95.8 Å². The summed E-state index contributed by atoms with van der Waals surface area (Å²) in [4.78, 5) is 25.6. The Morgan fingerprint density at radius 1 is 0.811 bits per heavy atom. The van der Waals surface area contributed by atoms with Gasteiger partial charge in [0.1, 0.15) is 18.0 Å². The van der Waals surface area contributed by atoms with Gasteiger partial charge in [-0.2, -0.15) is 0 Å². The fraction of sp³-hybridized carbons (Fsp3) is 0.179. The van der Waals surface area contributed by atoms with Gasteiger partial charge in [0.2, 0.25) is 0 Å². The molecule has 0 spiro atoms. The number of amides is 2. The second-order valence-electron chi connectivity index (χ2n) is 8.23. The van der Waals surface area contributed by atoms with Crippen LogP contribution in [-0.4, -0.2) is 50.5 Å². The van der Waals surface area contributed by atoms with Crippen LogP contribution in [0.25, 0.3) is 10.8 Å². The van der Waals surface area contributed by atoms with Gasteiger partial charge in [0.15, 0.2) is 5.11 Å². The van der Waals surface area contributed by atoms with E-state index in [-0.39, 0.29) is 11.0 Å². The number of methoxy groups -OCH3 is 3.